The van der Waals surface area contributed by atoms with Crippen LogP contribution in [0.5, 0.6) is 0 Å². The first-order valence-electron chi connectivity index (χ1n) is 6.94. The van der Waals surface area contributed by atoms with Gasteiger partial charge in [0.1, 0.15) is 0 Å². The highest BCUT2D eigenvalue weighted by Gasteiger charge is 2.57. The fraction of sp³-hybridized carbons (Fsp3) is 1.00. The molecule has 0 saturated heterocycles. The Hall–Kier alpha value is -0.460. The van der Waals surface area contributed by atoms with Crippen molar-refractivity contribution in [3.63, 3.8) is 0 Å². The topological polar surface area (TPSA) is 9.23 Å². The molecule has 0 heterocycles. The highest BCUT2D eigenvalue weighted by molar-refractivity contribution is 4.75. The Morgan fingerprint density at radius 2 is 1.10 bits per heavy atom. The van der Waals surface area contributed by atoms with Crippen LogP contribution >= 0.6 is 0 Å². The van der Waals surface area contributed by atoms with Crippen LogP contribution in [0.3, 0.4) is 0 Å². The van der Waals surface area contributed by atoms with Crippen molar-refractivity contribution in [2.45, 2.75) is 76.7 Å². The smallest absolute Gasteiger partial charge is 0.361 e. The van der Waals surface area contributed by atoms with Crippen LogP contribution in [0.25, 0.3) is 0 Å². The predicted octanol–water partition coefficient (Wildman–Crippen LogP) is 5.64. The quantitative estimate of drug-likeness (QED) is 0.375. The van der Waals surface area contributed by atoms with E-state index in [1.54, 1.807) is 0 Å². The average molecular weight is 308 g/mol. The lowest BCUT2D eigenvalue weighted by Crippen LogP contribution is -2.44. The number of hydrogen-bond donors (Lipinski definition) is 0. The second-order valence-corrected chi connectivity index (χ2v) is 4.81. The first kappa shape index (κ1) is 19.5. The van der Waals surface area contributed by atoms with Gasteiger partial charge >= 0.3 is 12.4 Å². The van der Waals surface area contributed by atoms with Crippen LogP contribution in [0.15, 0.2) is 0 Å². The molecule has 0 aliphatic rings. The van der Waals surface area contributed by atoms with E-state index in [9.17, 15) is 26.3 Å². The Kier molecular flexibility index (Phi) is 9.25. The van der Waals surface area contributed by atoms with E-state index < -0.39 is 25.1 Å². The summed E-state index contributed by atoms with van der Waals surface area (Å²) in [6, 6.07) is 0. The van der Waals surface area contributed by atoms with Crippen molar-refractivity contribution in [1.82, 2.24) is 0 Å². The number of ether oxygens (including phenoxy) is 1. The molecular formula is C13H22F6O. The first-order valence-corrected chi connectivity index (χ1v) is 6.94. The fourth-order valence-corrected chi connectivity index (χ4v) is 1.81. The van der Waals surface area contributed by atoms with Gasteiger partial charge < -0.3 is 4.74 Å². The van der Waals surface area contributed by atoms with Gasteiger partial charge in [-0.2, -0.15) is 26.3 Å². The van der Waals surface area contributed by atoms with E-state index in [4.69, 9.17) is 0 Å². The second kappa shape index (κ2) is 9.47. The van der Waals surface area contributed by atoms with E-state index in [1.807, 2.05) is 0 Å². The van der Waals surface area contributed by atoms with E-state index >= 15 is 0 Å². The molecule has 0 spiro atoms. The molecule has 20 heavy (non-hydrogen) atoms. The molecule has 0 atom stereocenters. The third-order valence-electron chi connectivity index (χ3n) is 2.88. The minimum atomic E-state index is -5.40. The van der Waals surface area contributed by atoms with Gasteiger partial charge in [-0.1, -0.05) is 51.9 Å². The Bertz CT molecular complexity index is 222. The maximum Gasteiger partial charge on any atom is 0.423 e. The van der Waals surface area contributed by atoms with E-state index in [1.165, 1.54) is 0 Å². The molecule has 0 N–H and O–H groups in total. The molecule has 0 rings (SSSR count). The van der Waals surface area contributed by atoms with Crippen molar-refractivity contribution in [3.05, 3.63) is 0 Å². The maximum absolute atomic E-state index is 12.1. The van der Waals surface area contributed by atoms with Crippen LogP contribution in [0.1, 0.15) is 58.3 Å². The molecule has 0 fully saturated rings. The standard InChI is InChI=1S/C13H22F6O/c1-2-3-4-5-6-7-8-9-10-20-11(12(14,15)16)13(17,18)19/h11H,2-10H2,1H3. The van der Waals surface area contributed by atoms with Crippen molar-refractivity contribution in [1.29, 1.82) is 0 Å². The molecule has 0 bridgehead atoms. The monoisotopic (exact) mass is 308 g/mol. The van der Waals surface area contributed by atoms with E-state index in [-0.39, 0.29) is 6.42 Å². The maximum atomic E-state index is 12.1. The lowest BCUT2D eigenvalue weighted by Gasteiger charge is -2.23. The molecule has 0 aliphatic carbocycles. The second-order valence-electron chi connectivity index (χ2n) is 4.81. The minimum absolute atomic E-state index is 0.219. The summed E-state index contributed by atoms with van der Waals surface area (Å²) in [5, 5.41) is 0. The molecule has 122 valence electrons. The van der Waals surface area contributed by atoms with Gasteiger partial charge in [-0.15, -0.1) is 0 Å². The van der Waals surface area contributed by atoms with Gasteiger partial charge in [0.05, 0.1) is 0 Å². The van der Waals surface area contributed by atoms with Gasteiger partial charge in [0, 0.05) is 6.61 Å². The molecule has 0 radical (unpaired) electrons. The molecule has 0 aromatic heterocycles. The average Bonchev–Trinajstić information content (AvgIpc) is 2.28. The van der Waals surface area contributed by atoms with Crippen LogP contribution in [0, 0.1) is 0 Å². The Morgan fingerprint density at radius 3 is 1.50 bits per heavy atom. The summed E-state index contributed by atoms with van der Waals surface area (Å²) in [6.45, 7) is 1.58. The first-order chi connectivity index (χ1) is 9.19. The lowest BCUT2D eigenvalue weighted by molar-refractivity contribution is -0.321. The molecule has 0 aromatic rings. The van der Waals surface area contributed by atoms with Gasteiger partial charge in [0.25, 0.3) is 0 Å². The fourth-order valence-electron chi connectivity index (χ4n) is 1.81. The van der Waals surface area contributed by atoms with E-state index in [0.29, 0.717) is 6.42 Å². The van der Waals surface area contributed by atoms with Crippen LogP contribution in [-0.2, 0) is 4.74 Å². The zero-order valence-electron chi connectivity index (χ0n) is 11.6. The highest BCUT2D eigenvalue weighted by Crippen LogP contribution is 2.35. The Balaban J connectivity index is 3.71. The highest BCUT2D eigenvalue weighted by atomic mass is 19.4. The van der Waals surface area contributed by atoms with Gasteiger partial charge in [-0.3, -0.25) is 0 Å². The zero-order valence-corrected chi connectivity index (χ0v) is 11.6. The molecule has 1 nitrogen and oxygen atoms in total. The summed E-state index contributed by atoms with van der Waals surface area (Å²) < 4.78 is 76.7. The normalized spacial score (nSPS) is 13.2. The zero-order chi connectivity index (χ0) is 15.6. The molecule has 0 unspecified atom stereocenters. The van der Waals surface area contributed by atoms with Crippen LogP contribution in [0.4, 0.5) is 26.3 Å². The van der Waals surface area contributed by atoms with E-state index in [2.05, 4.69) is 11.7 Å². The molecular weight excluding hydrogens is 286 g/mol. The lowest BCUT2D eigenvalue weighted by atomic mass is 10.1. The van der Waals surface area contributed by atoms with Crippen molar-refractivity contribution >= 4 is 0 Å². The van der Waals surface area contributed by atoms with Crippen LogP contribution < -0.4 is 0 Å². The van der Waals surface area contributed by atoms with Gasteiger partial charge in [-0.25, -0.2) is 0 Å². The van der Waals surface area contributed by atoms with Gasteiger partial charge in [-0.05, 0) is 6.42 Å². The van der Waals surface area contributed by atoms with E-state index in [0.717, 1.165) is 38.5 Å². The Morgan fingerprint density at radius 1 is 0.700 bits per heavy atom. The van der Waals surface area contributed by atoms with Crippen LogP contribution in [0.2, 0.25) is 0 Å². The summed E-state index contributed by atoms with van der Waals surface area (Å²) in [4.78, 5) is 0. The molecule has 0 amide bonds. The molecule has 7 heteroatoms. The number of alkyl halides is 6. The predicted molar refractivity (Wildman–Crippen MR) is 64.5 cm³/mol. The number of unbranched alkanes of at least 4 members (excludes halogenated alkanes) is 7. The van der Waals surface area contributed by atoms with Crippen molar-refractivity contribution in [2.75, 3.05) is 6.61 Å². The largest absolute Gasteiger partial charge is 0.423 e. The van der Waals surface area contributed by atoms with Gasteiger partial charge in [0.2, 0.25) is 6.10 Å². The minimum Gasteiger partial charge on any atom is -0.361 e. The SMILES string of the molecule is CCCCCCCCCCOC(C(F)(F)F)C(F)(F)F. The summed E-state index contributed by atoms with van der Waals surface area (Å²) in [6.07, 6.45) is -7.43. The van der Waals surface area contributed by atoms with Gasteiger partial charge in [0.15, 0.2) is 0 Å². The summed E-state index contributed by atoms with van der Waals surface area (Å²) in [5.41, 5.74) is 0. The molecule has 0 aliphatic heterocycles. The summed E-state index contributed by atoms with van der Waals surface area (Å²) >= 11 is 0. The van der Waals surface area contributed by atoms with Crippen molar-refractivity contribution in [2.24, 2.45) is 0 Å². The number of halogens is 6. The Labute approximate surface area is 115 Å². The third-order valence-corrected chi connectivity index (χ3v) is 2.88. The summed E-state index contributed by atoms with van der Waals surface area (Å²) in [5.74, 6) is 0. The molecule has 0 saturated carbocycles. The van der Waals surface area contributed by atoms with Crippen LogP contribution in [-0.4, -0.2) is 25.1 Å². The number of rotatable bonds is 10. The summed E-state index contributed by atoms with van der Waals surface area (Å²) in [7, 11) is 0. The van der Waals surface area contributed by atoms with Crippen molar-refractivity contribution in [3.8, 4) is 0 Å². The number of hydrogen-bond acceptors (Lipinski definition) is 1. The van der Waals surface area contributed by atoms with Crippen molar-refractivity contribution < 1.29 is 31.1 Å². The third kappa shape index (κ3) is 9.44. The molecule has 0 aromatic carbocycles.